The lowest BCUT2D eigenvalue weighted by Gasteiger charge is -2.20. The van der Waals surface area contributed by atoms with Crippen LogP contribution in [0, 0.1) is 12.7 Å². The van der Waals surface area contributed by atoms with E-state index in [0.717, 1.165) is 19.5 Å². The molecule has 1 fully saturated rings. The minimum absolute atomic E-state index is 0.197. The Morgan fingerprint density at radius 1 is 1.20 bits per heavy atom. The van der Waals surface area contributed by atoms with Crippen molar-refractivity contribution in [3.63, 3.8) is 0 Å². The number of rotatable bonds is 4. The average Bonchev–Trinajstić information content (AvgIpc) is 3.09. The quantitative estimate of drug-likeness (QED) is 0.664. The summed E-state index contributed by atoms with van der Waals surface area (Å²) in [6.07, 6.45) is 1.05. The number of guanidine groups is 1. The van der Waals surface area contributed by atoms with E-state index in [2.05, 4.69) is 51.7 Å². The molecule has 2 N–H and O–H groups in total. The molecule has 1 atom stereocenters. The maximum atomic E-state index is 13.7. The van der Waals surface area contributed by atoms with Crippen molar-refractivity contribution in [1.29, 1.82) is 0 Å². The van der Waals surface area contributed by atoms with Crippen molar-refractivity contribution in [1.82, 2.24) is 10.6 Å². The second kappa shape index (κ2) is 8.01. The summed E-state index contributed by atoms with van der Waals surface area (Å²) in [5.41, 5.74) is 3.16. The van der Waals surface area contributed by atoms with Crippen LogP contribution in [-0.4, -0.2) is 32.1 Å². The predicted molar refractivity (Wildman–Crippen MR) is 102 cm³/mol. The summed E-state index contributed by atoms with van der Waals surface area (Å²) in [5, 5.41) is 6.64. The Balaban J connectivity index is 1.53. The lowest BCUT2D eigenvalue weighted by atomic mass is 10.2. The predicted octanol–water partition coefficient (Wildman–Crippen LogP) is 3.08. The third-order valence-corrected chi connectivity index (χ3v) is 4.56. The minimum atomic E-state index is -0.197. The first kappa shape index (κ1) is 17.3. The Morgan fingerprint density at radius 3 is 2.68 bits per heavy atom. The molecule has 5 heteroatoms. The molecule has 132 valence electrons. The number of nitrogens with one attached hydrogen (secondary N) is 2. The van der Waals surface area contributed by atoms with Crippen LogP contribution in [0.25, 0.3) is 0 Å². The third-order valence-electron chi connectivity index (χ3n) is 4.56. The molecule has 1 unspecified atom stereocenters. The molecular weight excluding hydrogens is 315 g/mol. The van der Waals surface area contributed by atoms with Crippen LogP contribution >= 0.6 is 0 Å². The molecule has 2 aromatic carbocycles. The topological polar surface area (TPSA) is 39.7 Å². The van der Waals surface area contributed by atoms with Gasteiger partial charge >= 0.3 is 0 Å². The van der Waals surface area contributed by atoms with Gasteiger partial charge < -0.3 is 15.5 Å². The molecular formula is C20H25FN4. The summed E-state index contributed by atoms with van der Waals surface area (Å²) in [5.74, 6) is 0.510. The summed E-state index contributed by atoms with van der Waals surface area (Å²) in [4.78, 5) is 6.64. The van der Waals surface area contributed by atoms with E-state index < -0.39 is 0 Å². The van der Waals surface area contributed by atoms with Gasteiger partial charge in [0.1, 0.15) is 5.82 Å². The van der Waals surface area contributed by atoms with Gasteiger partial charge in [0, 0.05) is 44.0 Å². The Morgan fingerprint density at radius 2 is 1.96 bits per heavy atom. The summed E-state index contributed by atoms with van der Waals surface area (Å²) in [6.45, 7) is 4.47. The van der Waals surface area contributed by atoms with Gasteiger partial charge in [-0.25, -0.2) is 4.39 Å². The van der Waals surface area contributed by atoms with Crippen LogP contribution < -0.4 is 15.5 Å². The normalized spacial score (nSPS) is 17.6. The van der Waals surface area contributed by atoms with Gasteiger partial charge in [0.2, 0.25) is 0 Å². The molecule has 3 rings (SSSR count). The number of nitrogens with zero attached hydrogens (tertiary/aromatic N) is 2. The molecule has 1 aliphatic heterocycles. The largest absolute Gasteiger partial charge is 0.369 e. The Bertz CT molecular complexity index is 727. The van der Waals surface area contributed by atoms with Gasteiger partial charge in [0.15, 0.2) is 5.96 Å². The van der Waals surface area contributed by atoms with Crippen LogP contribution in [-0.2, 0) is 6.54 Å². The minimum Gasteiger partial charge on any atom is -0.369 e. The van der Waals surface area contributed by atoms with Crippen LogP contribution in [0.1, 0.15) is 17.5 Å². The van der Waals surface area contributed by atoms with Crippen LogP contribution in [0.5, 0.6) is 0 Å². The number of hydrogen-bond acceptors (Lipinski definition) is 2. The van der Waals surface area contributed by atoms with E-state index >= 15 is 0 Å². The number of anilines is 1. The first-order valence-corrected chi connectivity index (χ1v) is 8.68. The van der Waals surface area contributed by atoms with Gasteiger partial charge in [-0.05, 0) is 31.5 Å². The second-order valence-electron chi connectivity index (χ2n) is 6.43. The summed E-state index contributed by atoms with van der Waals surface area (Å²) < 4.78 is 13.7. The van der Waals surface area contributed by atoms with Gasteiger partial charge in [0.05, 0.1) is 0 Å². The summed E-state index contributed by atoms with van der Waals surface area (Å²) in [7, 11) is 1.74. The molecule has 0 radical (unpaired) electrons. The molecule has 0 aromatic heterocycles. The van der Waals surface area contributed by atoms with Crippen molar-refractivity contribution in [3.05, 3.63) is 65.5 Å². The van der Waals surface area contributed by atoms with Crippen molar-refractivity contribution in [2.24, 2.45) is 4.99 Å². The van der Waals surface area contributed by atoms with Gasteiger partial charge in [0.25, 0.3) is 0 Å². The average molecular weight is 340 g/mol. The van der Waals surface area contributed by atoms with Crippen molar-refractivity contribution in [2.75, 3.05) is 25.0 Å². The number of hydrogen-bond donors (Lipinski definition) is 2. The van der Waals surface area contributed by atoms with Gasteiger partial charge in [-0.2, -0.15) is 0 Å². The molecule has 0 aliphatic carbocycles. The molecule has 4 nitrogen and oxygen atoms in total. The van der Waals surface area contributed by atoms with Crippen molar-refractivity contribution < 1.29 is 4.39 Å². The van der Waals surface area contributed by atoms with E-state index in [4.69, 9.17) is 0 Å². The first-order valence-electron chi connectivity index (χ1n) is 8.68. The van der Waals surface area contributed by atoms with Crippen molar-refractivity contribution >= 4 is 11.6 Å². The number of aliphatic imine (C=N–C) groups is 1. The number of halogens is 1. The fourth-order valence-electron chi connectivity index (χ4n) is 3.08. The highest BCUT2D eigenvalue weighted by atomic mass is 19.1. The van der Waals surface area contributed by atoms with Gasteiger partial charge in [-0.15, -0.1) is 0 Å². The summed E-state index contributed by atoms with van der Waals surface area (Å²) in [6, 6.07) is 15.8. The van der Waals surface area contributed by atoms with E-state index in [1.807, 2.05) is 6.07 Å². The Hall–Kier alpha value is -2.56. The fourth-order valence-corrected chi connectivity index (χ4v) is 3.08. The SMILES string of the molecule is CN=C(NCc1ccccc1F)NC1CCN(c2ccc(C)cc2)C1. The highest BCUT2D eigenvalue weighted by Gasteiger charge is 2.23. The van der Waals surface area contributed by atoms with E-state index in [0.29, 0.717) is 24.1 Å². The van der Waals surface area contributed by atoms with E-state index in [-0.39, 0.29) is 5.82 Å². The maximum absolute atomic E-state index is 13.7. The zero-order valence-electron chi connectivity index (χ0n) is 14.8. The van der Waals surface area contributed by atoms with E-state index in [9.17, 15) is 4.39 Å². The lowest BCUT2D eigenvalue weighted by molar-refractivity contribution is 0.601. The molecule has 25 heavy (non-hydrogen) atoms. The van der Waals surface area contributed by atoms with Crippen molar-refractivity contribution in [3.8, 4) is 0 Å². The molecule has 1 heterocycles. The van der Waals surface area contributed by atoms with Gasteiger partial charge in [-0.1, -0.05) is 35.9 Å². The fraction of sp³-hybridized carbons (Fsp3) is 0.350. The smallest absolute Gasteiger partial charge is 0.191 e. The second-order valence-corrected chi connectivity index (χ2v) is 6.43. The van der Waals surface area contributed by atoms with Crippen LogP contribution in [0.2, 0.25) is 0 Å². The monoisotopic (exact) mass is 340 g/mol. The lowest BCUT2D eigenvalue weighted by Crippen LogP contribution is -2.44. The van der Waals surface area contributed by atoms with Gasteiger partial charge in [-0.3, -0.25) is 4.99 Å². The zero-order chi connectivity index (χ0) is 17.6. The van der Waals surface area contributed by atoms with Crippen molar-refractivity contribution in [2.45, 2.75) is 25.9 Å². The third kappa shape index (κ3) is 4.50. The van der Waals surface area contributed by atoms with Crippen LogP contribution in [0.3, 0.4) is 0 Å². The molecule has 2 aromatic rings. The molecule has 0 amide bonds. The number of benzene rings is 2. The molecule has 1 saturated heterocycles. The van der Waals surface area contributed by atoms with E-state index in [1.165, 1.54) is 17.3 Å². The van der Waals surface area contributed by atoms with Crippen LogP contribution in [0.15, 0.2) is 53.5 Å². The number of aryl methyl sites for hydroxylation is 1. The standard InChI is InChI=1S/C20H25FN4/c1-15-7-9-18(10-8-15)25-12-11-17(14-25)24-20(22-2)23-13-16-5-3-4-6-19(16)21/h3-10,17H,11-14H2,1-2H3,(H2,22,23,24). The highest BCUT2D eigenvalue weighted by molar-refractivity contribution is 5.80. The highest BCUT2D eigenvalue weighted by Crippen LogP contribution is 2.20. The maximum Gasteiger partial charge on any atom is 0.191 e. The molecule has 0 saturated carbocycles. The van der Waals surface area contributed by atoms with Crippen LogP contribution in [0.4, 0.5) is 10.1 Å². The Labute approximate surface area is 148 Å². The zero-order valence-corrected chi connectivity index (χ0v) is 14.8. The Kier molecular flexibility index (Phi) is 5.53. The van der Waals surface area contributed by atoms with E-state index in [1.54, 1.807) is 19.2 Å². The molecule has 0 spiro atoms. The summed E-state index contributed by atoms with van der Waals surface area (Å²) >= 11 is 0. The molecule has 1 aliphatic rings. The molecule has 0 bridgehead atoms. The first-order chi connectivity index (χ1) is 12.2.